The van der Waals surface area contributed by atoms with Crippen molar-refractivity contribution in [1.82, 2.24) is 15.1 Å². The molecular weight excluding hydrogens is 206 g/mol. The first kappa shape index (κ1) is 10.4. The molecule has 0 amide bonds. The zero-order valence-corrected chi connectivity index (χ0v) is 9.79. The van der Waals surface area contributed by atoms with Crippen LogP contribution in [0.1, 0.15) is 24.1 Å². The van der Waals surface area contributed by atoms with Gasteiger partial charge in [-0.3, -0.25) is 4.68 Å². The Hall–Kier alpha value is -1.13. The molecule has 2 aromatic heterocycles. The van der Waals surface area contributed by atoms with Crippen molar-refractivity contribution in [2.75, 3.05) is 7.05 Å². The molecule has 2 heterocycles. The van der Waals surface area contributed by atoms with E-state index in [1.54, 1.807) is 11.3 Å². The maximum atomic E-state index is 4.29. The van der Waals surface area contributed by atoms with E-state index in [2.05, 4.69) is 40.4 Å². The predicted octanol–water partition coefficient (Wildman–Crippen LogP) is 2.27. The van der Waals surface area contributed by atoms with Gasteiger partial charge in [0.1, 0.15) is 0 Å². The lowest BCUT2D eigenvalue weighted by atomic mass is 10.1. The molecule has 15 heavy (non-hydrogen) atoms. The molecule has 0 fully saturated rings. The van der Waals surface area contributed by atoms with Gasteiger partial charge in [-0.25, -0.2) is 0 Å². The zero-order valence-electron chi connectivity index (χ0n) is 8.97. The molecule has 4 heteroatoms. The maximum absolute atomic E-state index is 4.29. The van der Waals surface area contributed by atoms with Crippen LogP contribution in [-0.2, 0) is 6.54 Å². The van der Waals surface area contributed by atoms with Gasteiger partial charge in [0.2, 0.25) is 0 Å². The SMILES string of the molecule is CCn1cc(C(NC)c2ccsc2)cn1. The van der Waals surface area contributed by atoms with Crippen LogP contribution in [0.15, 0.2) is 29.2 Å². The number of hydrogen-bond acceptors (Lipinski definition) is 3. The van der Waals surface area contributed by atoms with Crippen LogP contribution in [0.25, 0.3) is 0 Å². The highest BCUT2D eigenvalue weighted by Gasteiger charge is 2.13. The second kappa shape index (κ2) is 4.59. The highest BCUT2D eigenvalue weighted by atomic mass is 32.1. The second-order valence-electron chi connectivity index (χ2n) is 3.41. The lowest BCUT2D eigenvalue weighted by molar-refractivity contribution is 0.654. The smallest absolute Gasteiger partial charge is 0.0613 e. The Bertz CT molecular complexity index is 405. The van der Waals surface area contributed by atoms with Crippen LogP contribution in [0.2, 0.25) is 0 Å². The highest BCUT2D eigenvalue weighted by molar-refractivity contribution is 7.08. The van der Waals surface area contributed by atoms with E-state index in [4.69, 9.17) is 0 Å². The predicted molar refractivity (Wildman–Crippen MR) is 63.1 cm³/mol. The molecule has 0 aliphatic rings. The Balaban J connectivity index is 2.27. The topological polar surface area (TPSA) is 29.9 Å². The molecule has 0 bridgehead atoms. The Labute approximate surface area is 93.7 Å². The Morgan fingerprint density at radius 3 is 2.93 bits per heavy atom. The van der Waals surface area contributed by atoms with Gasteiger partial charge < -0.3 is 5.32 Å². The van der Waals surface area contributed by atoms with Gasteiger partial charge in [0.15, 0.2) is 0 Å². The average molecular weight is 221 g/mol. The Morgan fingerprint density at radius 2 is 2.40 bits per heavy atom. The van der Waals surface area contributed by atoms with Gasteiger partial charge in [-0.1, -0.05) is 0 Å². The Morgan fingerprint density at radius 1 is 1.53 bits per heavy atom. The van der Waals surface area contributed by atoms with Crippen molar-refractivity contribution >= 4 is 11.3 Å². The van der Waals surface area contributed by atoms with Crippen molar-refractivity contribution in [3.63, 3.8) is 0 Å². The van der Waals surface area contributed by atoms with E-state index < -0.39 is 0 Å². The summed E-state index contributed by atoms with van der Waals surface area (Å²) in [5.74, 6) is 0. The maximum Gasteiger partial charge on any atom is 0.0613 e. The molecule has 0 spiro atoms. The molecule has 0 aliphatic heterocycles. The first-order valence-corrected chi connectivity index (χ1v) is 6.01. The van der Waals surface area contributed by atoms with Crippen LogP contribution in [0, 0.1) is 0 Å². The van der Waals surface area contributed by atoms with E-state index in [1.807, 2.05) is 17.9 Å². The third-order valence-corrected chi connectivity index (χ3v) is 3.18. The summed E-state index contributed by atoms with van der Waals surface area (Å²) < 4.78 is 1.95. The van der Waals surface area contributed by atoms with Gasteiger partial charge in [-0.05, 0) is 36.4 Å². The number of hydrogen-bond donors (Lipinski definition) is 1. The van der Waals surface area contributed by atoms with Crippen LogP contribution in [0.3, 0.4) is 0 Å². The molecule has 3 nitrogen and oxygen atoms in total. The largest absolute Gasteiger partial charge is 0.309 e. The third kappa shape index (κ3) is 2.11. The number of aryl methyl sites for hydroxylation is 1. The summed E-state index contributed by atoms with van der Waals surface area (Å²) in [4.78, 5) is 0. The van der Waals surface area contributed by atoms with E-state index in [-0.39, 0.29) is 6.04 Å². The summed E-state index contributed by atoms with van der Waals surface area (Å²) in [6, 6.07) is 2.41. The molecule has 0 saturated heterocycles. The van der Waals surface area contributed by atoms with E-state index in [0.717, 1.165) is 6.54 Å². The third-order valence-electron chi connectivity index (χ3n) is 2.48. The summed E-state index contributed by atoms with van der Waals surface area (Å²) in [5.41, 5.74) is 2.52. The van der Waals surface area contributed by atoms with Crippen LogP contribution < -0.4 is 5.32 Å². The van der Waals surface area contributed by atoms with Crippen molar-refractivity contribution in [1.29, 1.82) is 0 Å². The molecule has 0 saturated carbocycles. The van der Waals surface area contributed by atoms with E-state index in [9.17, 15) is 0 Å². The Kier molecular flexibility index (Phi) is 3.18. The normalized spacial score (nSPS) is 12.9. The molecule has 1 unspecified atom stereocenters. The fourth-order valence-corrected chi connectivity index (χ4v) is 2.35. The van der Waals surface area contributed by atoms with Crippen molar-refractivity contribution in [2.45, 2.75) is 19.5 Å². The lowest BCUT2D eigenvalue weighted by Crippen LogP contribution is -2.16. The minimum atomic E-state index is 0.261. The highest BCUT2D eigenvalue weighted by Crippen LogP contribution is 2.23. The monoisotopic (exact) mass is 221 g/mol. The van der Waals surface area contributed by atoms with Gasteiger partial charge >= 0.3 is 0 Å². The van der Waals surface area contributed by atoms with Crippen LogP contribution in [0.5, 0.6) is 0 Å². The number of nitrogens with zero attached hydrogens (tertiary/aromatic N) is 2. The van der Waals surface area contributed by atoms with Crippen LogP contribution in [-0.4, -0.2) is 16.8 Å². The van der Waals surface area contributed by atoms with Gasteiger partial charge in [-0.15, -0.1) is 0 Å². The average Bonchev–Trinajstić information content (AvgIpc) is 2.89. The first-order chi connectivity index (χ1) is 7.35. The van der Waals surface area contributed by atoms with Crippen molar-refractivity contribution < 1.29 is 0 Å². The molecule has 1 N–H and O–H groups in total. The van der Waals surface area contributed by atoms with Crippen LogP contribution >= 0.6 is 11.3 Å². The number of thiophene rings is 1. The minimum Gasteiger partial charge on any atom is -0.309 e. The molecule has 80 valence electrons. The summed E-state index contributed by atoms with van der Waals surface area (Å²) in [6.07, 6.45) is 4.03. The molecule has 0 aromatic carbocycles. The minimum absolute atomic E-state index is 0.261. The molecular formula is C11H15N3S. The molecule has 2 rings (SSSR count). The first-order valence-electron chi connectivity index (χ1n) is 5.07. The van der Waals surface area contributed by atoms with Crippen molar-refractivity contribution in [3.05, 3.63) is 40.3 Å². The van der Waals surface area contributed by atoms with Crippen LogP contribution in [0.4, 0.5) is 0 Å². The molecule has 0 aliphatic carbocycles. The summed E-state index contributed by atoms with van der Waals surface area (Å²) in [6.45, 7) is 3.01. The van der Waals surface area contributed by atoms with Crippen molar-refractivity contribution in [2.24, 2.45) is 0 Å². The summed E-state index contributed by atoms with van der Waals surface area (Å²) in [5, 5.41) is 11.9. The van der Waals surface area contributed by atoms with Gasteiger partial charge in [0.25, 0.3) is 0 Å². The number of nitrogens with one attached hydrogen (secondary N) is 1. The molecule has 1 atom stereocenters. The van der Waals surface area contributed by atoms with Gasteiger partial charge in [0, 0.05) is 18.3 Å². The quantitative estimate of drug-likeness (QED) is 0.858. The van der Waals surface area contributed by atoms with Gasteiger partial charge in [0.05, 0.1) is 12.2 Å². The number of aromatic nitrogens is 2. The van der Waals surface area contributed by atoms with E-state index in [1.165, 1.54) is 11.1 Å². The van der Waals surface area contributed by atoms with Crippen molar-refractivity contribution in [3.8, 4) is 0 Å². The lowest BCUT2D eigenvalue weighted by Gasteiger charge is -2.12. The molecule has 0 radical (unpaired) electrons. The summed E-state index contributed by atoms with van der Waals surface area (Å²) in [7, 11) is 1.98. The second-order valence-corrected chi connectivity index (χ2v) is 4.19. The van der Waals surface area contributed by atoms with E-state index >= 15 is 0 Å². The fraction of sp³-hybridized carbons (Fsp3) is 0.364. The fourth-order valence-electron chi connectivity index (χ4n) is 1.67. The van der Waals surface area contributed by atoms with Gasteiger partial charge in [-0.2, -0.15) is 16.4 Å². The molecule has 2 aromatic rings. The zero-order chi connectivity index (χ0) is 10.7. The van der Waals surface area contributed by atoms with E-state index in [0.29, 0.717) is 0 Å². The number of rotatable bonds is 4. The summed E-state index contributed by atoms with van der Waals surface area (Å²) >= 11 is 1.72. The standard InChI is InChI=1S/C11H15N3S/c1-3-14-7-10(6-13-14)11(12-2)9-4-5-15-8-9/h4-8,11-12H,3H2,1-2H3.